The van der Waals surface area contributed by atoms with Gasteiger partial charge in [-0.25, -0.2) is 0 Å². The van der Waals surface area contributed by atoms with E-state index in [2.05, 4.69) is 20.8 Å². The molecule has 0 fully saturated rings. The van der Waals surface area contributed by atoms with Gasteiger partial charge in [-0.2, -0.15) is 0 Å². The monoisotopic (exact) mass is 313 g/mol. The molecule has 0 radical (unpaired) electrons. The number of nitrogens with two attached hydrogens (primary N) is 1. The molecule has 2 amide bonds. The van der Waals surface area contributed by atoms with Crippen molar-refractivity contribution in [1.82, 2.24) is 20.8 Å². The summed E-state index contributed by atoms with van der Waals surface area (Å²) in [6.07, 6.45) is 0. The topological polar surface area (TPSA) is 110 Å². The summed E-state index contributed by atoms with van der Waals surface area (Å²) < 4.78 is 0. The molecule has 8 heteroatoms. The van der Waals surface area contributed by atoms with Crippen LogP contribution in [0.2, 0.25) is 0 Å². The summed E-state index contributed by atoms with van der Waals surface area (Å²) in [5.41, 5.74) is 5.68. The van der Waals surface area contributed by atoms with E-state index in [1.54, 1.807) is 0 Å². The molecular formula is C13H23N5O2S. The Labute approximate surface area is 128 Å². The summed E-state index contributed by atoms with van der Waals surface area (Å²) in [6.45, 7) is 8.01. The lowest BCUT2D eigenvalue weighted by Gasteiger charge is -2.14. The highest BCUT2D eigenvalue weighted by Gasteiger charge is 2.17. The number of aromatic nitrogens is 2. The van der Waals surface area contributed by atoms with E-state index >= 15 is 0 Å². The van der Waals surface area contributed by atoms with E-state index in [0.717, 1.165) is 10.0 Å². The summed E-state index contributed by atoms with van der Waals surface area (Å²) >= 11 is 1.47. The maximum absolute atomic E-state index is 11.6. The summed E-state index contributed by atoms with van der Waals surface area (Å²) in [7, 11) is 0. The van der Waals surface area contributed by atoms with E-state index in [1.165, 1.54) is 11.3 Å². The van der Waals surface area contributed by atoms with Crippen LogP contribution < -0.4 is 16.4 Å². The van der Waals surface area contributed by atoms with Gasteiger partial charge in [0, 0.05) is 5.92 Å². The van der Waals surface area contributed by atoms with Gasteiger partial charge in [0.25, 0.3) is 0 Å². The maximum Gasteiger partial charge on any atom is 0.239 e. The van der Waals surface area contributed by atoms with E-state index in [1.807, 2.05) is 27.7 Å². The first-order valence-electron chi connectivity index (χ1n) is 6.93. The second kappa shape index (κ2) is 8.04. The van der Waals surface area contributed by atoms with Crippen LogP contribution in [0.3, 0.4) is 0 Å². The van der Waals surface area contributed by atoms with Crippen molar-refractivity contribution in [3.05, 3.63) is 10.0 Å². The molecule has 0 saturated heterocycles. The zero-order valence-electron chi connectivity index (χ0n) is 12.8. The zero-order valence-corrected chi connectivity index (χ0v) is 13.7. The van der Waals surface area contributed by atoms with Crippen LogP contribution >= 0.6 is 11.3 Å². The minimum absolute atomic E-state index is 0.0314. The fraction of sp³-hybridized carbons (Fsp3) is 0.692. The van der Waals surface area contributed by atoms with Gasteiger partial charge in [-0.3, -0.25) is 9.59 Å². The number of hydrogen-bond donors (Lipinski definition) is 3. The Balaban J connectivity index is 2.32. The van der Waals surface area contributed by atoms with E-state index in [-0.39, 0.29) is 24.3 Å². The van der Waals surface area contributed by atoms with E-state index in [9.17, 15) is 9.59 Å². The number of rotatable bonds is 7. The first-order valence-corrected chi connectivity index (χ1v) is 7.75. The fourth-order valence-electron chi connectivity index (χ4n) is 1.40. The fourth-order valence-corrected chi connectivity index (χ4v) is 2.18. The van der Waals surface area contributed by atoms with Gasteiger partial charge < -0.3 is 16.4 Å². The van der Waals surface area contributed by atoms with Crippen molar-refractivity contribution in [1.29, 1.82) is 0 Å². The van der Waals surface area contributed by atoms with E-state index in [0.29, 0.717) is 12.5 Å². The highest BCUT2D eigenvalue weighted by Crippen LogP contribution is 2.18. The first-order chi connectivity index (χ1) is 9.81. The second-order valence-electron chi connectivity index (χ2n) is 5.45. The molecule has 0 aliphatic rings. The van der Waals surface area contributed by atoms with Crippen molar-refractivity contribution in [3.63, 3.8) is 0 Å². The van der Waals surface area contributed by atoms with Gasteiger partial charge in [0.1, 0.15) is 10.0 Å². The molecule has 1 heterocycles. The van der Waals surface area contributed by atoms with E-state index in [4.69, 9.17) is 5.73 Å². The number of hydrogen-bond acceptors (Lipinski definition) is 6. The van der Waals surface area contributed by atoms with Crippen molar-refractivity contribution >= 4 is 23.2 Å². The van der Waals surface area contributed by atoms with Gasteiger partial charge in [-0.15, -0.1) is 10.2 Å². The Kier molecular flexibility index (Phi) is 6.70. The largest absolute Gasteiger partial charge is 0.348 e. The molecule has 118 valence electrons. The van der Waals surface area contributed by atoms with Gasteiger partial charge in [-0.05, 0) is 5.92 Å². The van der Waals surface area contributed by atoms with Crippen LogP contribution in [-0.2, 0) is 16.1 Å². The lowest BCUT2D eigenvalue weighted by atomic mass is 10.1. The minimum atomic E-state index is -0.602. The molecule has 0 aromatic carbocycles. The molecule has 0 bridgehead atoms. The Morgan fingerprint density at radius 2 is 1.86 bits per heavy atom. The number of amides is 2. The summed E-state index contributed by atoms with van der Waals surface area (Å²) in [6, 6.07) is -0.602. The van der Waals surface area contributed by atoms with Crippen LogP contribution in [0.1, 0.15) is 43.6 Å². The lowest BCUT2D eigenvalue weighted by Crippen LogP contribution is -2.47. The molecule has 4 N–H and O–H groups in total. The minimum Gasteiger partial charge on any atom is -0.348 e. The van der Waals surface area contributed by atoms with Crippen LogP contribution in [0.15, 0.2) is 0 Å². The van der Waals surface area contributed by atoms with Crippen LogP contribution in [0, 0.1) is 5.92 Å². The third kappa shape index (κ3) is 5.76. The van der Waals surface area contributed by atoms with E-state index < -0.39 is 6.04 Å². The Morgan fingerprint density at radius 1 is 1.19 bits per heavy atom. The predicted molar refractivity (Wildman–Crippen MR) is 81.7 cm³/mol. The molecule has 0 aliphatic carbocycles. The van der Waals surface area contributed by atoms with Crippen molar-refractivity contribution in [2.75, 3.05) is 6.54 Å². The lowest BCUT2D eigenvalue weighted by molar-refractivity contribution is -0.127. The third-order valence-corrected chi connectivity index (χ3v) is 4.08. The molecule has 0 unspecified atom stereocenters. The zero-order chi connectivity index (χ0) is 16.0. The highest BCUT2D eigenvalue weighted by atomic mass is 32.1. The molecule has 21 heavy (non-hydrogen) atoms. The Morgan fingerprint density at radius 3 is 2.38 bits per heavy atom. The van der Waals surface area contributed by atoms with Gasteiger partial charge >= 0.3 is 0 Å². The molecule has 1 atom stereocenters. The van der Waals surface area contributed by atoms with Crippen molar-refractivity contribution in [2.45, 2.75) is 46.2 Å². The molecule has 0 saturated carbocycles. The van der Waals surface area contributed by atoms with Crippen molar-refractivity contribution in [3.8, 4) is 0 Å². The summed E-state index contributed by atoms with van der Waals surface area (Å²) in [4.78, 5) is 23.2. The second-order valence-corrected chi connectivity index (χ2v) is 6.55. The van der Waals surface area contributed by atoms with Gasteiger partial charge in [0.05, 0.1) is 19.1 Å². The summed E-state index contributed by atoms with van der Waals surface area (Å²) in [5, 5.41) is 14.9. The average Bonchev–Trinajstić information content (AvgIpc) is 2.90. The number of carbonyl (C=O) groups is 2. The molecular weight excluding hydrogens is 290 g/mol. The van der Waals surface area contributed by atoms with Gasteiger partial charge in [0.2, 0.25) is 11.8 Å². The highest BCUT2D eigenvalue weighted by molar-refractivity contribution is 7.11. The quantitative estimate of drug-likeness (QED) is 0.674. The first kappa shape index (κ1) is 17.5. The van der Waals surface area contributed by atoms with Gasteiger partial charge in [0.15, 0.2) is 0 Å². The molecule has 1 aromatic rings. The standard InChI is InChI=1S/C13H23N5O2S/c1-7(2)11(14)12(20)16-5-9(19)15-6-10-17-18-13(21-10)8(3)4/h7-8,11H,5-6,14H2,1-4H3,(H,15,19)(H,16,20)/t11-/m0/s1. The van der Waals surface area contributed by atoms with Crippen LogP contribution in [0.25, 0.3) is 0 Å². The smallest absolute Gasteiger partial charge is 0.239 e. The SMILES string of the molecule is CC(C)c1nnc(CNC(=O)CNC(=O)[C@@H](N)C(C)C)s1. The number of nitrogens with one attached hydrogen (secondary N) is 2. The molecule has 0 spiro atoms. The molecule has 0 aliphatic heterocycles. The third-order valence-electron chi connectivity index (χ3n) is 2.86. The molecule has 7 nitrogen and oxygen atoms in total. The van der Waals surface area contributed by atoms with Crippen molar-refractivity contribution < 1.29 is 9.59 Å². The average molecular weight is 313 g/mol. The predicted octanol–water partition coefficient (Wildman–Crippen LogP) is 0.377. The van der Waals surface area contributed by atoms with Crippen LogP contribution in [0.5, 0.6) is 0 Å². The van der Waals surface area contributed by atoms with Gasteiger partial charge in [-0.1, -0.05) is 39.0 Å². The Hall–Kier alpha value is -1.54. The van der Waals surface area contributed by atoms with Crippen LogP contribution in [-0.4, -0.2) is 34.6 Å². The molecule has 1 rings (SSSR count). The number of nitrogens with zero attached hydrogens (tertiary/aromatic N) is 2. The number of carbonyl (C=O) groups excluding carboxylic acids is 2. The normalized spacial score (nSPS) is 12.5. The van der Waals surface area contributed by atoms with Crippen LogP contribution in [0.4, 0.5) is 0 Å². The Bertz CT molecular complexity index is 487. The maximum atomic E-state index is 11.6. The molecule has 1 aromatic heterocycles. The summed E-state index contributed by atoms with van der Waals surface area (Å²) in [5.74, 6) is -0.244. The van der Waals surface area contributed by atoms with Crippen molar-refractivity contribution in [2.24, 2.45) is 11.7 Å².